The van der Waals surface area contributed by atoms with Gasteiger partial charge in [0.25, 0.3) is 12.2 Å². The number of nitrogens with one attached hydrogen (secondary N) is 1. The lowest BCUT2D eigenvalue weighted by molar-refractivity contribution is -0.120. The number of halogens is 2. The zero-order chi connectivity index (χ0) is 14.1. The number of hydrogen-bond acceptors (Lipinski definition) is 3. The van der Waals surface area contributed by atoms with Gasteiger partial charge in [-0.25, -0.2) is 9.38 Å². The van der Waals surface area contributed by atoms with Gasteiger partial charge >= 0.3 is 0 Å². The summed E-state index contributed by atoms with van der Waals surface area (Å²) in [6, 6.07) is 8.31. The maximum absolute atomic E-state index is 13.8. The van der Waals surface area contributed by atoms with Crippen LogP contribution in [0.25, 0.3) is 0 Å². The van der Waals surface area contributed by atoms with E-state index in [0.29, 0.717) is 27.5 Å². The van der Waals surface area contributed by atoms with E-state index in [2.05, 4.69) is 15.3 Å². The molecule has 1 atom stereocenters. The maximum Gasteiger partial charge on any atom is 0.281 e. The summed E-state index contributed by atoms with van der Waals surface area (Å²) in [4.78, 5) is 19.4. The predicted molar refractivity (Wildman–Crippen MR) is 74.9 cm³/mol. The van der Waals surface area contributed by atoms with Crippen LogP contribution in [0, 0.1) is 0 Å². The third-order valence-corrected chi connectivity index (χ3v) is 3.14. The van der Waals surface area contributed by atoms with Crippen molar-refractivity contribution in [1.29, 1.82) is 0 Å². The minimum atomic E-state index is -1.95. The van der Waals surface area contributed by atoms with Gasteiger partial charge in [0.05, 0.1) is 11.4 Å². The molecule has 6 heteroatoms. The first kappa shape index (κ1) is 12.7. The Morgan fingerprint density at radius 1 is 1.20 bits per heavy atom. The van der Waals surface area contributed by atoms with Crippen molar-refractivity contribution in [2.75, 3.05) is 5.32 Å². The van der Waals surface area contributed by atoms with Crippen LogP contribution in [0.4, 0.5) is 10.1 Å². The van der Waals surface area contributed by atoms with Gasteiger partial charge in [0.2, 0.25) is 0 Å². The summed E-state index contributed by atoms with van der Waals surface area (Å²) in [6.45, 7) is 0. The van der Waals surface area contributed by atoms with Crippen LogP contribution < -0.4 is 5.32 Å². The van der Waals surface area contributed by atoms with E-state index in [1.165, 1.54) is 0 Å². The van der Waals surface area contributed by atoms with Gasteiger partial charge in [0.15, 0.2) is 0 Å². The lowest BCUT2D eigenvalue weighted by atomic mass is 10.0. The summed E-state index contributed by atoms with van der Waals surface area (Å²) in [6.07, 6.45) is 1.20. The number of carbonyl (C=O) groups excluding carboxylic acids is 1. The fourth-order valence-electron chi connectivity index (χ4n) is 2.00. The van der Waals surface area contributed by atoms with Gasteiger partial charge in [0.1, 0.15) is 0 Å². The van der Waals surface area contributed by atoms with Crippen molar-refractivity contribution in [2.45, 2.75) is 6.30 Å². The summed E-state index contributed by atoms with van der Waals surface area (Å²) in [5.41, 5.74) is 2.10. The number of pyridine rings is 1. The van der Waals surface area contributed by atoms with Gasteiger partial charge in [-0.2, -0.15) is 0 Å². The number of amides is 1. The monoisotopic (exact) mass is 289 g/mol. The van der Waals surface area contributed by atoms with E-state index in [-0.39, 0.29) is 0 Å². The van der Waals surface area contributed by atoms with Gasteiger partial charge in [-0.05, 0) is 30.3 Å². The van der Waals surface area contributed by atoms with Crippen LogP contribution in [-0.4, -0.2) is 22.9 Å². The summed E-state index contributed by atoms with van der Waals surface area (Å²) >= 11 is 5.98. The number of benzene rings is 1. The van der Waals surface area contributed by atoms with Gasteiger partial charge in [-0.3, -0.25) is 9.78 Å². The third kappa shape index (κ3) is 2.28. The molecule has 3 rings (SSSR count). The van der Waals surface area contributed by atoms with Gasteiger partial charge in [-0.15, -0.1) is 0 Å². The molecule has 1 unspecified atom stereocenters. The van der Waals surface area contributed by atoms with Crippen LogP contribution in [0.5, 0.6) is 0 Å². The fourth-order valence-corrected chi connectivity index (χ4v) is 2.17. The van der Waals surface area contributed by atoms with Crippen molar-refractivity contribution in [3.8, 4) is 0 Å². The molecule has 0 bridgehead atoms. The SMILES string of the molecule is O=C1Nc2ccc(Cl)cc2C(c2ccncc2)=NC1F. The highest BCUT2D eigenvalue weighted by molar-refractivity contribution is 6.32. The Labute approximate surface area is 119 Å². The van der Waals surface area contributed by atoms with Crippen molar-refractivity contribution in [1.82, 2.24) is 4.98 Å². The van der Waals surface area contributed by atoms with Crippen LogP contribution >= 0.6 is 11.6 Å². The Hall–Kier alpha value is -2.27. The number of aromatic nitrogens is 1. The van der Waals surface area contributed by atoms with E-state index in [9.17, 15) is 9.18 Å². The minimum absolute atomic E-state index is 0.371. The highest BCUT2D eigenvalue weighted by Crippen LogP contribution is 2.27. The van der Waals surface area contributed by atoms with Crippen molar-refractivity contribution >= 4 is 28.9 Å². The van der Waals surface area contributed by atoms with Crippen LogP contribution in [0.15, 0.2) is 47.7 Å². The van der Waals surface area contributed by atoms with E-state index in [4.69, 9.17) is 11.6 Å². The number of nitrogens with zero attached hydrogens (tertiary/aromatic N) is 2. The number of carbonyl (C=O) groups is 1. The maximum atomic E-state index is 13.8. The second-order valence-electron chi connectivity index (χ2n) is 4.23. The molecule has 2 aromatic rings. The number of fused-ring (bicyclic) bond motifs is 1. The molecule has 0 radical (unpaired) electrons. The molecule has 2 heterocycles. The molecule has 100 valence electrons. The molecular weight excluding hydrogens is 281 g/mol. The molecule has 0 saturated heterocycles. The van der Waals surface area contributed by atoms with Gasteiger partial charge in [0, 0.05) is 28.5 Å². The van der Waals surface area contributed by atoms with Crippen molar-refractivity contribution < 1.29 is 9.18 Å². The van der Waals surface area contributed by atoms with Crippen molar-refractivity contribution in [2.24, 2.45) is 4.99 Å². The molecule has 1 aromatic heterocycles. The fraction of sp³-hybridized carbons (Fsp3) is 0.0714. The van der Waals surface area contributed by atoms with E-state index in [1.807, 2.05) is 0 Å². The van der Waals surface area contributed by atoms with Gasteiger partial charge in [-0.1, -0.05) is 11.6 Å². The summed E-state index contributed by atoms with van der Waals surface area (Å²) in [7, 11) is 0. The van der Waals surface area contributed by atoms with Crippen LogP contribution in [0.3, 0.4) is 0 Å². The molecule has 1 N–H and O–H groups in total. The number of aliphatic imine (C=N–C) groups is 1. The quantitative estimate of drug-likeness (QED) is 0.821. The molecule has 0 saturated carbocycles. The summed E-state index contributed by atoms with van der Waals surface area (Å²) < 4.78 is 13.8. The number of anilines is 1. The molecule has 20 heavy (non-hydrogen) atoms. The first-order valence-corrected chi connectivity index (χ1v) is 6.26. The Bertz CT molecular complexity index is 703. The molecule has 1 amide bonds. The number of alkyl halides is 1. The summed E-state index contributed by atoms with van der Waals surface area (Å²) in [5.74, 6) is -0.794. The molecule has 1 aliphatic rings. The third-order valence-electron chi connectivity index (χ3n) is 2.91. The smallest absolute Gasteiger partial charge is 0.281 e. The normalized spacial score (nSPS) is 17.8. The van der Waals surface area contributed by atoms with Gasteiger partial charge < -0.3 is 5.32 Å². The second kappa shape index (κ2) is 5.02. The molecule has 1 aliphatic heterocycles. The first-order chi connectivity index (χ1) is 9.65. The highest BCUT2D eigenvalue weighted by Gasteiger charge is 2.25. The average molecular weight is 290 g/mol. The molecule has 0 fully saturated rings. The largest absolute Gasteiger partial charge is 0.321 e. The lowest BCUT2D eigenvalue weighted by Gasteiger charge is -2.09. The van der Waals surface area contributed by atoms with Crippen LogP contribution in [0.2, 0.25) is 5.02 Å². The predicted octanol–water partition coefficient (Wildman–Crippen LogP) is 2.82. The lowest BCUT2D eigenvalue weighted by Crippen LogP contribution is -2.21. The molecule has 4 nitrogen and oxygen atoms in total. The Morgan fingerprint density at radius 3 is 2.70 bits per heavy atom. The standard InChI is InChI=1S/C14H9ClFN3O/c15-9-1-2-11-10(7-9)12(8-3-5-17-6-4-8)19-13(16)14(20)18-11/h1-7,13H,(H,18,20). The molecule has 0 spiro atoms. The first-order valence-electron chi connectivity index (χ1n) is 5.88. The molecular formula is C14H9ClFN3O. The highest BCUT2D eigenvalue weighted by atomic mass is 35.5. The van der Waals surface area contributed by atoms with Crippen molar-refractivity contribution in [3.05, 3.63) is 58.9 Å². The summed E-state index contributed by atoms with van der Waals surface area (Å²) in [5, 5.41) is 2.98. The zero-order valence-corrected chi connectivity index (χ0v) is 10.9. The van der Waals surface area contributed by atoms with Crippen LogP contribution in [-0.2, 0) is 4.79 Å². The van der Waals surface area contributed by atoms with E-state index in [0.717, 1.165) is 0 Å². The van der Waals surface area contributed by atoms with E-state index in [1.54, 1.807) is 42.7 Å². The van der Waals surface area contributed by atoms with Crippen molar-refractivity contribution in [3.63, 3.8) is 0 Å². The second-order valence-corrected chi connectivity index (χ2v) is 4.66. The number of benzodiazepines with no additional fused rings is 1. The number of hydrogen-bond donors (Lipinski definition) is 1. The average Bonchev–Trinajstić information content (AvgIpc) is 2.58. The van der Waals surface area contributed by atoms with E-state index < -0.39 is 12.2 Å². The Morgan fingerprint density at radius 2 is 1.95 bits per heavy atom. The molecule has 0 aliphatic carbocycles. The minimum Gasteiger partial charge on any atom is -0.321 e. The zero-order valence-electron chi connectivity index (χ0n) is 10.2. The van der Waals surface area contributed by atoms with Crippen LogP contribution in [0.1, 0.15) is 11.1 Å². The van der Waals surface area contributed by atoms with E-state index >= 15 is 0 Å². The topological polar surface area (TPSA) is 54.4 Å². The Kier molecular flexibility index (Phi) is 3.20. The number of rotatable bonds is 1. The Balaban J connectivity index is 2.23. The molecule has 1 aromatic carbocycles.